The van der Waals surface area contributed by atoms with Gasteiger partial charge in [-0.3, -0.25) is 4.79 Å². The van der Waals surface area contributed by atoms with Gasteiger partial charge in [-0.15, -0.1) is 0 Å². The Morgan fingerprint density at radius 3 is 1.88 bits per heavy atom. The summed E-state index contributed by atoms with van der Waals surface area (Å²) < 4.78 is 11.2. The maximum atomic E-state index is 13.6. The number of nitrogens with zero attached hydrogens (tertiary/aromatic N) is 1. The van der Waals surface area contributed by atoms with Crippen LogP contribution in [0.2, 0.25) is 0 Å². The van der Waals surface area contributed by atoms with E-state index < -0.39 is 23.9 Å². The molecule has 1 atom stereocenters. The van der Waals surface area contributed by atoms with Gasteiger partial charge in [-0.2, -0.15) is 0 Å². The monoisotopic (exact) mass is 435 g/mol. The molecule has 8 heteroatoms. The van der Waals surface area contributed by atoms with Crippen LogP contribution in [0.25, 0.3) is 11.1 Å². The molecule has 0 aliphatic carbocycles. The molecule has 4 rings (SSSR count). The molecule has 2 aliphatic rings. The zero-order chi connectivity index (χ0) is 22.7. The molecule has 0 bridgehead atoms. The Kier molecular flexibility index (Phi) is 5.93. The van der Waals surface area contributed by atoms with E-state index in [1.807, 2.05) is 0 Å². The Labute approximate surface area is 184 Å². The van der Waals surface area contributed by atoms with Crippen molar-refractivity contribution in [3.8, 4) is 0 Å². The molecule has 0 radical (unpaired) electrons. The highest BCUT2D eigenvalue weighted by Gasteiger charge is 2.39. The van der Waals surface area contributed by atoms with Crippen LogP contribution in [0.15, 0.2) is 72.2 Å². The Morgan fingerprint density at radius 2 is 1.34 bits per heavy atom. The number of rotatable bonds is 5. The number of benzene rings is 2. The summed E-state index contributed by atoms with van der Waals surface area (Å²) >= 11 is 0. The van der Waals surface area contributed by atoms with E-state index in [-0.39, 0.29) is 36.0 Å². The van der Waals surface area contributed by atoms with Gasteiger partial charge < -0.3 is 24.6 Å². The first kappa shape index (κ1) is 21.2. The molecular weight excluding hydrogens is 414 g/mol. The number of hydrogen-bond acceptors (Lipinski definition) is 5. The Morgan fingerprint density at radius 1 is 0.812 bits per heavy atom. The topological polar surface area (TPSA) is 113 Å². The second kappa shape index (κ2) is 8.97. The summed E-state index contributed by atoms with van der Waals surface area (Å²) in [6.07, 6.45) is 0.910. The van der Waals surface area contributed by atoms with E-state index in [4.69, 9.17) is 9.47 Å². The molecule has 2 N–H and O–H groups in total. The number of aliphatic carboxylic acids is 2. The molecule has 0 saturated carbocycles. The van der Waals surface area contributed by atoms with E-state index in [1.54, 1.807) is 60.7 Å². The number of hydrogen-bond donors (Lipinski definition) is 2. The molecule has 2 aliphatic heterocycles. The van der Waals surface area contributed by atoms with Crippen LogP contribution in [0.5, 0.6) is 0 Å². The van der Waals surface area contributed by atoms with Crippen molar-refractivity contribution in [2.75, 3.05) is 13.3 Å². The van der Waals surface area contributed by atoms with Crippen LogP contribution in [0.3, 0.4) is 0 Å². The van der Waals surface area contributed by atoms with Gasteiger partial charge in [-0.05, 0) is 24.0 Å². The van der Waals surface area contributed by atoms with Gasteiger partial charge in [0.15, 0.2) is 11.5 Å². The van der Waals surface area contributed by atoms with E-state index in [0.29, 0.717) is 24.0 Å². The van der Waals surface area contributed by atoms with Crippen LogP contribution in [0, 0.1) is 0 Å². The number of carbonyl (C=O) groups is 3. The maximum absolute atomic E-state index is 13.6. The van der Waals surface area contributed by atoms with E-state index in [1.165, 1.54) is 4.90 Å². The number of carboxylic acids is 2. The molecule has 2 heterocycles. The van der Waals surface area contributed by atoms with Crippen molar-refractivity contribution >= 4 is 29.0 Å². The van der Waals surface area contributed by atoms with Crippen molar-refractivity contribution < 1.29 is 34.1 Å². The zero-order valence-corrected chi connectivity index (χ0v) is 17.1. The van der Waals surface area contributed by atoms with Gasteiger partial charge in [0.05, 0.1) is 5.57 Å². The first-order valence-electron chi connectivity index (χ1n) is 10.1. The van der Waals surface area contributed by atoms with Crippen molar-refractivity contribution in [2.45, 2.75) is 18.9 Å². The number of ether oxygens (including phenoxy) is 2. The molecule has 2 fully saturated rings. The summed E-state index contributed by atoms with van der Waals surface area (Å²) in [7, 11) is 0. The summed E-state index contributed by atoms with van der Waals surface area (Å²) in [4.78, 5) is 38.8. The molecular formula is C24H21NO7. The van der Waals surface area contributed by atoms with Crippen LogP contribution >= 0.6 is 0 Å². The largest absolute Gasteiger partial charge is 0.480 e. The lowest BCUT2D eigenvalue weighted by molar-refractivity contribution is -0.146. The first-order valence-corrected chi connectivity index (χ1v) is 10.1. The van der Waals surface area contributed by atoms with E-state index in [0.717, 1.165) is 0 Å². The maximum Gasteiger partial charge on any atom is 0.340 e. The van der Waals surface area contributed by atoms with Crippen LogP contribution in [0.1, 0.15) is 24.0 Å². The molecule has 164 valence electrons. The van der Waals surface area contributed by atoms with Crippen molar-refractivity contribution in [3.63, 3.8) is 0 Å². The van der Waals surface area contributed by atoms with Crippen molar-refractivity contribution in [1.82, 2.24) is 4.90 Å². The third-order valence-electron chi connectivity index (χ3n) is 5.42. The average molecular weight is 435 g/mol. The summed E-state index contributed by atoms with van der Waals surface area (Å²) in [5, 5.41) is 19.5. The fourth-order valence-corrected chi connectivity index (χ4v) is 3.97. The lowest BCUT2D eigenvalue weighted by Gasteiger charge is -2.23. The zero-order valence-electron chi connectivity index (χ0n) is 17.1. The van der Waals surface area contributed by atoms with Crippen LogP contribution < -0.4 is 0 Å². The summed E-state index contributed by atoms with van der Waals surface area (Å²) in [5.41, 5.74) is 0.795. The number of carbonyl (C=O) groups excluding carboxylic acids is 1. The second-order valence-corrected chi connectivity index (χ2v) is 7.35. The predicted octanol–water partition coefficient (Wildman–Crippen LogP) is 2.97. The molecule has 2 aromatic rings. The van der Waals surface area contributed by atoms with E-state index >= 15 is 0 Å². The van der Waals surface area contributed by atoms with Gasteiger partial charge in [0, 0.05) is 6.54 Å². The summed E-state index contributed by atoms with van der Waals surface area (Å²) in [6, 6.07) is 16.1. The third kappa shape index (κ3) is 3.94. The first-order chi connectivity index (χ1) is 15.5. The van der Waals surface area contributed by atoms with E-state index in [2.05, 4.69) is 0 Å². The van der Waals surface area contributed by atoms with Gasteiger partial charge in [0.1, 0.15) is 11.6 Å². The minimum atomic E-state index is -1.24. The van der Waals surface area contributed by atoms with Crippen LogP contribution in [-0.2, 0) is 23.9 Å². The van der Waals surface area contributed by atoms with Gasteiger partial charge in [-0.25, -0.2) is 9.59 Å². The number of likely N-dealkylation sites (tertiary alicyclic amines) is 1. The van der Waals surface area contributed by atoms with E-state index in [9.17, 15) is 24.6 Å². The van der Waals surface area contributed by atoms with Gasteiger partial charge in [0.2, 0.25) is 6.79 Å². The molecule has 8 nitrogen and oxygen atoms in total. The minimum absolute atomic E-state index is 0.0153. The molecule has 0 unspecified atom stereocenters. The average Bonchev–Trinajstić information content (AvgIpc) is 3.46. The van der Waals surface area contributed by atoms with Crippen molar-refractivity contribution in [2.24, 2.45) is 0 Å². The lowest BCUT2D eigenvalue weighted by atomic mass is 9.98. The van der Waals surface area contributed by atoms with Crippen molar-refractivity contribution in [3.05, 3.63) is 83.3 Å². The van der Waals surface area contributed by atoms with Crippen molar-refractivity contribution in [1.29, 1.82) is 0 Å². The smallest absolute Gasteiger partial charge is 0.340 e. The highest BCUT2D eigenvalue weighted by molar-refractivity contribution is 6.23. The molecule has 0 spiro atoms. The normalized spacial score (nSPS) is 20.9. The lowest BCUT2D eigenvalue weighted by Crippen LogP contribution is -2.41. The predicted molar refractivity (Wildman–Crippen MR) is 114 cm³/mol. The Bertz CT molecular complexity index is 1110. The second-order valence-electron chi connectivity index (χ2n) is 7.35. The molecule has 1 amide bonds. The third-order valence-corrected chi connectivity index (χ3v) is 5.42. The molecule has 2 saturated heterocycles. The minimum Gasteiger partial charge on any atom is -0.480 e. The fraction of sp³-hybridized carbons (Fsp3) is 0.208. The Hall–Kier alpha value is -4.07. The van der Waals surface area contributed by atoms with Crippen LogP contribution in [-0.4, -0.2) is 52.3 Å². The van der Waals surface area contributed by atoms with Gasteiger partial charge >= 0.3 is 11.9 Å². The molecule has 0 aromatic heterocycles. The Balaban J connectivity index is 1.93. The number of carboxylic acid groups (broad SMARTS) is 2. The fourth-order valence-electron chi connectivity index (χ4n) is 3.97. The van der Waals surface area contributed by atoms with Gasteiger partial charge in [-0.1, -0.05) is 60.7 Å². The highest BCUT2D eigenvalue weighted by Crippen LogP contribution is 2.37. The number of amides is 1. The summed E-state index contributed by atoms with van der Waals surface area (Å²) in [5.74, 6) is -2.95. The molecule has 2 aromatic carbocycles. The van der Waals surface area contributed by atoms with Gasteiger partial charge in [0.25, 0.3) is 5.91 Å². The standard InChI is InChI=1S/C24H21NO7/c26-22(25-13-7-12-17(25)23(27)28)18(15-8-3-1-4-9-15)20-21(32-14-31-20)19(24(29)30)16-10-5-2-6-11-16/h1-6,8-11,17H,7,12-14H2,(H,27,28)(H,29,30)/b20-18+,21-19?/t17-/m0/s1. The SMILES string of the molecule is O=C(O)C(=C1OCO/C1=C(/C(=O)N1CCC[C@H]1C(=O)O)c1ccccc1)c1ccccc1. The van der Waals surface area contributed by atoms with Crippen LogP contribution in [0.4, 0.5) is 0 Å². The quantitative estimate of drug-likeness (QED) is 0.694. The highest BCUT2D eigenvalue weighted by atomic mass is 16.7. The molecule has 32 heavy (non-hydrogen) atoms. The summed E-state index contributed by atoms with van der Waals surface area (Å²) in [6.45, 7) is 0.0179.